The zero-order valence-electron chi connectivity index (χ0n) is 14.7. The molecule has 0 aliphatic heterocycles. The first-order valence-electron chi connectivity index (χ1n) is 9.13. The second-order valence-corrected chi connectivity index (χ2v) is 8.07. The lowest BCUT2D eigenvalue weighted by atomic mass is 9.47. The Labute approximate surface area is 149 Å². The van der Waals surface area contributed by atoms with E-state index < -0.39 is 0 Å². The van der Waals surface area contributed by atoms with Gasteiger partial charge in [0.05, 0.1) is 11.4 Å². The van der Waals surface area contributed by atoms with E-state index >= 15 is 0 Å². The maximum atomic E-state index is 4.82. The molecule has 0 amide bonds. The number of hydrogen-bond donors (Lipinski definition) is 0. The number of benzene rings is 1. The molecule has 2 heterocycles. The third-order valence-corrected chi connectivity index (χ3v) is 6.46. The van der Waals surface area contributed by atoms with Crippen molar-refractivity contribution < 1.29 is 0 Å². The largest absolute Gasteiger partial charge is 0.256 e. The summed E-state index contributed by atoms with van der Waals surface area (Å²) in [4.78, 5) is 9.28. The molecule has 2 nitrogen and oxygen atoms in total. The first kappa shape index (κ1) is 14.8. The van der Waals surface area contributed by atoms with Crippen molar-refractivity contribution in [3.8, 4) is 22.5 Å². The van der Waals surface area contributed by atoms with Crippen molar-refractivity contribution in [3.05, 3.63) is 72.1 Å². The highest BCUT2D eigenvalue weighted by Gasteiger charge is 2.52. The minimum Gasteiger partial charge on any atom is -0.256 e. The summed E-state index contributed by atoms with van der Waals surface area (Å²) in [7, 11) is 0. The van der Waals surface area contributed by atoms with Gasteiger partial charge in [0, 0.05) is 23.5 Å². The molecule has 0 N–H and O–H groups in total. The van der Waals surface area contributed by atoms with Gasteiger partial charge in [-0.15, -0.1) is 0 Å². The normalized spacial score (nSPS) is 22.8. The van der Waals surface area contributed by atoms with Gasteiger partial charge in [0.1, 0.15) is 0 Å². The van der Waals surface area contributed by atoms with E-state index in [1.54, 1.807) is 0 Å². The van der Waals surface area contributed by atoms with Crippen LogP contribution >= 0.6 is 0 Å². The summed E-state index contributed by atoms with van der Waals surface area (Å²) in [6, 6.07) is 16.9. The van der Waals surface area contributed by atoms with E-state index in [1.165, 1.54) is 29.5 Å². The zero-order valence-corrected chi connectivity index (χ0v) is 14.7. The molecule has 0 spiro atoms. The SMILES string of the molecule is CC1(C)[C@H]2Cc3cc(-c4cccc(-c5ccccn5)c4)ncc3[C@@H]1C2. The first-order valence-corrected chi connectivity index (χ1v) is 9.13. The number of rotatable bonds is 2. The smallest absolute Gasteiger partial charge is 0.0705 e. The van der Waals surface area contributed by atoms with E-state index in [0.717, 1.165) is 22.9 Å². The van der Waals surface area contributed by atoms with Gasteiger partial charge >= 0.3 is 0 Å². The molecule has 2 heteroatoms. The molecular formula is C23H22N2. The van der Waals surface area contributed by atoms with Gasteiger partial charge in [-0.3, -0.25) is 9.97 Å². The van der Waals surface area contributed by atoms with E-state index in [9.17, 15) is 0 Å². The summed E-state index contributed by atoms with van der Waals surface area (Å²) in [5, 5.41) is 0. The van der Waals surface area contributed by atoms with E-state index in [1.807, 2.05) is 18.3 Å². The van der Waals surface area contributed by atoms with E-state index in [0.29, 0.717) is 11.3 Å². The Kier molecular flexibility index (Phi) is 3.12. The van der Waals surface area contributed by atoms with Crippen molar-refractivity contribution in [1.29, 1.82) is 0 Å². The van der Waals surface area contributed by atoms with Crippen molar-refractivity contribution in [2.24, 2.45) is 11.3 Å². The minimum atomic E-state index is 0.453. The molecule has 0 unspecified atom stereocenters. The third-order valence-electron chi connectivity index (χ3n) is 6.46. The first-order chi connectivity index (χ1) is 12.1. The van der Waals surface area contributed by atoms with Crippen LogP contribution < -0.4 is 0 Å². The Morgan fingerprint density at radius 2 is 1.76 bits per heavy atom. The Bertz CT molecular complexity index is 943. The molecule has 6 rings (SSSR count). The Balaban J connectivity index is 1.53. The summed E-state index contributed by atoms with van der Waals surface area (Å²) in [6.07, 6.45) is 6.53. The molecule has 2 aromatic heterocycles. The molecule has 25 heavy (non-hydrogen) atoms. The van der Waals surface area contributed by atoms with Gasteiger partial charge in [-0.25, -0.2) is 0 Å². The summed E-state index contributed by atoms with van der Waals surface area (Å²) in [5.74, 6) is 1.53. The molecule has 1 fully saturated rings. The van der Waals surface area contributed by atoms with Crippen LogP contribution in [0.5, 0.6) is 0 Å². The number of nitrogens with zero attached hydrogens (tertiary/aromatic N) is 2. The highest BCUT2D eigenvalue weighted by atomic mass is 14.7. The van der Waals surface area contributed by atoms with Gasteiger partial charge < -0.3 is 0 Å². The lowest BCUT2D eigenvalue weighted by Crippen LogP contribution is -2.48. The fourth-order valence-electron chi connectivity index (χ4n) is 4.68. The van der Waals surface area contributed by atoms with E-state index in [4.69, 9.17) is 4.98 Å². The summed E-state index contributed by atoms with van der Waals surface area (Å²) < 4.78 is 0. The molecule has 1 aromatic carbocycles. The van der Waals surface area contributed by atoms with Crippen LogP contribution in [0.1, 0.15) is 37.3 Å². The minimum absolute atomic E-state index is 0.453. The summed E-state index contributed by atoms with van der Waals surface area (Å²) in [5.41, 5.74) is 7.84. The summed E-state index contributed by atoms with van der Waals surface area (Å²) in [6.45, 7) is 4.83. The van der Waals surface area contributed by atoms with Gasteiger partial charge in [-0.2, -0.15) is 0 Å². The van der Waals surface area contributed by atoms with Crippen molar-refractivity contribution in [2.45, 2.75) is 32.6 Å². The second-order valence-electron chi connectivity index (χ2n) is 8.07. The molecule has 0 saturated heterocycles. The van der Waals surface area contributed by atoms with Crippen molar-refractivity contribution in [2.75, 3.05) is 0 Å². The zero-order chi connectivity index (χ0) is 17.0. The van der Waals surface area contributed by atoms with Crippen LogP contribution in [0.25, 0.3) is 22.5 Å². The molecular weight excluding hydrogens is 304 g/mol. The van der Waals surface area contributed by atoms with Gasteiger partial charge in [0.2, 0.25) is 0 Å². The predicted octanol–water partition coefficient (Wildman–Crippen LogP) is 5.50. The van der Waals surface area contributed by atoms with Crippen LogP contribution in [0.15, 0.2) is 60.9 Å². The highest BCUT2D eigenvalue weighted by Crippen LogP contribution is 2.62. The quantitative estimate of drug-likeness (QED) is 0.622. The molecule has 3 aromatic rings. The average Bonchev–Trinajstić information content (AvgIpc) is 2.67. The van der Waals surface area contributed by atoms with Crippen LogP contribution in [0.3, 0.4) is 0 Å². The molecule has 0 radical (unpaired) electrons. The fourth-order valence-corrected chi connectivity index (χ4v) is 4.68. The van der Waals surface area contributed by atoms with Gasteiger partial charge in [0.15, 0.2) is 0 Å². The van der Waals surface area contributed by atoms with Crippen molar-refractivity contribution >= 4 is 0 Å². The molecule has 2 atom stereocenters. The third kappa shape index (κ3) is 2.24. The Hall–Kier alpha value is -2.48. The van der Waals surface area contributed by atoms with Crippen LogP contribution in [0.2, 0.25) is 0 Å². The van der Waals surface area contributed by atoms with Gasteiger partial charge in [-0.1, -0.05) is 38.1 Å². The van der Waals surface area contributed by atoms with Crippen LogP contribution in [-0.2, 0) is 6.42 Å². The second kappa shape index (κ2) is 5.26. The monoisotopic (exact) mass is 326 g/mol. The number of hydrogen-bond acceptors (Lipinski definition) is 2. The molecule has 3 aliphatic rings. The number of aromatic nitrogens is 2. The average molecular weight is 326 g/mol. The lowest BCUT2D eigenvalue weighted by Gasteiger charge is -2.57. The lowest BCUT2D eigenvalue weighted by molar-refractivity contribution is 0.0183. The maximum Gasteiger partial charge on any atom is 0.0705 e. The van der Waals surface area contributed by atoms with Crippen molar-refractivity contribution in [3.63, 3.8) is 0 Å². The molecule has 1 saturated carbocycles. The summed E-state index contributed by atoms with van der Waals surface area (Å²) >= 11 is 0. The van der Waals surface area contributed by atoms with Crippen LogP contribution in [-0.4, -0.2) is 9.97 Å². The standard InChI is InChI=1S/C23H22N2/c1-23(2)18-11-17-12-22(25-14-19(17)20(23)13-18)16-7-5-6-15(10-16)21-8-3-4-9-24-21/h3-10,12,14,18,20H,11,13H2,1-2H3/t18-,20-/m0/s1. The fraction of sp³-hybridized carbons (Fsp3) is 0.304. The van der Waals surface area contributed by atoms with Gasteiger partial charge in [0.25, 0.3) is 0 Å². The molecule has 3 aliphatic carbocycles. The van der Waals surface area contributed by atoms with E-state index in [2.05, 4.69) is 61.4 Å². The van der Waals surface area contributed by atoms with E-state index in [-0.39, 0.29) is 0 Å². The van der Waals surface area contributed by atoms with Crippen molar-refractivity contribution in [1.82, 2.24) is 9.97 Å². The van der Waals surface area contributed by atoms with Crippen LogP contribution in [0.4, 0.5) is 0 Å². The Morgan fingerprint density at radius 1 is 0.920 bits per heavy atom. The van der Waals surface area contributed by atoms with Gasteiger partial charge in [-0.05, 0) is 65.5 Å². The topological polar surface area (TPSA) is 25.8 Å². The Morgan fingerprint density at radius 3 is 2.52 bits per heavy atom. The highest BCUT2D eigenvalue weighted by molar-refractivity contribution is 5.70. The predicted molar refractivity (Wildman–Crippen MR) is 101 cm³/mol. The maximum absolute atomic E-state index is 4.82. The molecule has 2 bridgehead atoms. The van der Waals surface area contributed by atoms with Crippen LogP contribution in [0, 0.1) is 11.3 Å². The molecule has 124 valence electrons. The number of pyridine rings is 2.